The highest BCUT2D eigenvalue weighted by atomic mass is 79.9. The van der Waals surface area contributed by atoms with Gasteiger partial charge in [-0.15, -0.1) is 17.9 Å². The molecule has 0 spiro atoms. The molecular weight excluding hydrogens is 400 g/mol. The maximum atomic E-state index is 13.1. The number of aromatic nitrogens is 1. The second-order valence-corrected chi connectivity index (χ2v) is 7.12. The molecule has 0 aliphatic heterocycles. The fourth-order valence-electron chi connectivity index (χ4n) is 2.54. The van der Waals surface area contributed by atoms with Crippen molar-refractivity contribution < 1.29 is 9.21 Å². The minimum Gasteiger partial charge on any atom is -0.465 e. The molecule has 0 saturated heterocycles. The van der Waals surface area contributed by atoms with Crippen LogP contribution in [0.5, 0.6) is 0 Å². The SMILES string of the molecule is C=CCN(C(=O)c1c(C)oc(C)c1Br)c1nc(-c2ccccc2)cs1. The maximum Gasteiger partial charge on any atom is 0.265 e. The van der Waals surface area contributed by atoms with E-state index < -0.39 is 0 Å². The second kappa shape index (κ2) is 7.37. The zero-order valence-corrected chi connectivity index (χ0v) is 16.4. The van der Waals surface area contributed by atoms with Gasteiger partial charge in [0, 0.05) is 17.5 Å². The standard InChI is InChI=1S/C19H17BrN2O2S/c1-4-10-22(18(23)16-12(2)24-13(3)17(16)20)19-21-15(11-25-19)14-8-6-5-7-9-14/h4-9,11H,1,10H2,2-3H3. The number of hydrogen-bond acceptors (Lipinski definition) is 4. The van der Waals surface area contributed by atoms with E-state index in [-0.39, 0.29) is 5.91 Å². The van der Waals surface area contributed by atoms with Crippen molar-refractivity contribution in [1.82, 2.24) is 4.98 Å². The number of carbonyl (C=O) groups is 1. The molecule has 0 bridgehead atoms. The molecule has 0 N–H and O–H groups in total. The van der Waals surface area contributed by atoms with E-state index in [4.69, 9.17) is 4.42 Å². The van der Waals surface area contributed by atoms with E-state index in [0.29, 0.717) is 33.2 Å². The predicted molar refractivity (Wildman–Crippen MR) is 105 cm³/mol. The smallest absolute Gasteiger partial charge is 0.265 e. The number of benzene rings is 1. The van der Waals surface area contributed by atoms with E-state index in [2.05, 4.69) is 27.5 Å². The topological polar surface area (TPSA) is 46.3 Å². The Hall–Kier alpha value is -2.18. The third-order valence-corrected chi connectivity index (χ3v) is 5.57. The van der Waals surface area contributed by atoms with E-state index in [1.165, 1.54) is 11.3 Å². The van der Waals surface area contributed by atoms with Gasteiger partial charge >= 0.3 is 0 Å². The zero-order chi connectivity index (χ0) is 18.0. The molecule has 0 fully saturated rings. The number of hydrogen-bond donors (Lipinski definition) is 0. The Bertz CT molecular complexity index is 915. The molecule has 4 nitrogen and oxygen atoms in total. The number of anilines is 1. The van der Waals surface area contributed by atoms with Gasteiger partial charge in [0.25, 0.3) is 5.91 Å². The minimum absolute atomic E-state index is 0.157. The van der Waals surface area contributed by atoms with Crippen LogP contribution in [0.2, 0.25) is 0 Å². The van der Waals surface area contributed by atoms with E-state index in [1.807, 2.05) is 42.6 Å². The largest absolute Gasteiger partial charge is 0.465 e. The first-order valence-electron chi connectivity index (χ1n) is 7.72. The Morgan fingerprint density at radius 1 is 1.32 bits per heavy atom. The van der Waals surface area contributed by atoms with Crippen molar-refractivity contribution in [1.29, 1.82) is 0 Å². The van der Waals surface area contributed by atoms with Crippen molar-refractivity contribution >= 4 is 38.3 Å². The first kappa shape index (κ1) is 17.6. The quantitative estimate of drug-likeness (QED) is 0.507. The van der Waals surface area contributed by atoms with Crippen LogP contribution in [0.25, 0.3) is 11.3 Å². The van der Waals surface area contributed by atoms with Gasteiger partial charge < -0.3 is 4.42 Å². The maximum absolute atomic E-state index is 13.1. The van der Waals surface area contributed by atoms with Gasteiger partial charge in [0.15, 0.2) is 5.13 Å². The Labute approximate surface area is 158 Å². The molecular formula is C19H17BrN2O2S. The summed E-state index contributed by atoms with van der Waals surface area (Å²) in [7, 11) is 0. The highest BCUT2D eigenvalue weighted by molar-refractivity contribution is 9.10. The number of amides is 1. The Morgan fingerprint density at radius 3 is 2.64 bits per heavy atom. The predicted octanol–water partition coefficient (Wildman–Crippen LogP) is 5.62. The highest BCUT2D eigenvalue weighted by Gasteiger charge is 2.27. The molecule has 1 aromatic carbocycles. The summed E-state index contributed by atoms with van der Waals surface area (Å²) in [5.41, 5.74) is 2.39. The van der Waals surface area contributed by atoms with Crippen LogP contribution in [0.15, 0.2) is 57.3 Å². The van der Waals surface area contributed by atoms with E-state index in [1.54, 1.807) is 17.9 Å². The van der Waals surface area contributed by atoms with Crippen LogP contribution >= 0.6 is 27.3 Å². The summed E-state index contributed by atoms with van der Waals surface area (Å²) in [4.78, 5) is 19.4. The van der Waals surface area contributed by atoms with Gasteiger partial charge in [0.2, 0.25) is 0 Å². The fraction of sp³-hybridized carbons (Fsp3) is 0.158. The number of halogens is 1. The lowest BCUT2D eigenvalue weighted by molar-refractivity contribution is 0.0987. The number of thiazole rings is 1. The lowest BCUT2D eigenvalue weighted by atomic mass is 10.2. The highest BCUT2D eigenvalue weighted by Crippen LogP contribution is 2.32. The van der Waals surface area contributed by atoms with Crippen LogP contribution in [0.4, 0.5) is 5.13 Å². The zero-order valence-electron chi connectivity index (χ0n) is 14.0. The van der Waals surface area contributed by atoms with Crippen molar-refractivity contribution in [2.24, 2.45) is 0 Å². The molecule has 0 saturated carbocycles. The molecule has 0 aliphatic carbocycles. The number of furan rings is 1. The molecule has 1 amide bonds. The van der Waals surface area contributed by atoms with Crippen LogP contribution < -0.4 is 4.90 Å². The van der Waals surface area contributed by atoms with Gasteiger partial charge in [0.1, 0.15) is 11.5 Å². The van der Waals surface area contributed by atoms with E-state index in [0.717, 1.165) is 11.3 Å². The van der Waals surface area contributed by atoms with Gasteiger partial charge in [-0.3, -0.25) is 9.69 Å². The average molecular weight is 417 g/mol. The van der Waals surface area contributed by atoms with Crippen molar-refractivity contribution in [3.63, 3.8) is 0 Å². The molecule has 2 aromatic heterocycles. The number of aryl methyl sites for hydroxylation is 2. The van der Waals surface area contributed by atoms with Gasteiger partial charge in [-0.05, 0) is 29.8 Å². The van der Waals surface area contributed by atoms with Crippen molar-refractivity contribution in [3.8, 4) is 11.3 Å². The minimum atomic E-state index is -0.157. The summed E-state index contributed by atoms with van der Waals surface area (Å²) in [6.07, 6.45) is 1.69. The second-order valence-electron chi connectivity index (χ2n) is 5.49. The molecule has 3 rings (SSSR count). The third-order valence-electron chi connectivity index (χ3n) is 3.75. The average Bonchev–Trinajstić information content (AvgIpc) is 3.18. The fourth-order valence-corrected chi connectivity index (χ4v) is 3.91. The third kappa shape index (κ3) is 3.45. The lowest BCUT2D eigenvalue weighted by Crippen LogP contribution is -2.31. The van der Waals surface area contributed by atoms with Crippen molar-refractivity contribution in [2.75, 3.05) is 11.4 Å². The molecule has 0 aliphatic rings. The molecule has 128 valence electrons. The summed E-state index contributed by atoms with van der Waals surface area (Å²) in [5, 5.41) is 2.59. The van der Waals surface area contributed by atoms with Crippen LogP contribution in [-0.2, 0) is 0 Å². The lowest BCUT2D eigenvalue weighted by Gasteiger charge is -2.18. The van der Waals surface area contributed by atoms with Gasteiger partial charge in [0.05, 0.1) is 15.7 Å². The summed E-state index contributed by atoms with van der Waals surface area (Å²) < 4.78 is 6.25. The van der Waals surface area contributed by atoms with Gasteiger partial charge in [-0.1, -0.05) is 36.4 Å². The van der Waals surface area contributed by atoms with E-state index in [9.17, 15) is 4.79 Å². The first-order valence-corrected chi connectivity index (χ1v) is 9.39. The Morgan fingerprint density at radius 2 is 2.04 bits per heavy atom. The first-order chi connectivity index (χ1) is 12.0. The molecule has 25 heavy (non-hydrogen) atoms. The Kier molecular flexibility index (Phi) is 5.20. The van der Waals surface area contributed by atoms with Crippen LogP contribution in [-0.4, -0.2) is 17.4 Å². The molecule has 0 unspecified atom stereocenters. The van der Waals surface area contributed by atoms with Crippen LogP contribution in [0, 0.1) is 13.8 Å². The van der Waals surface area contributed by atoms with Crippen molar-refractivity contribution in [2.45, 2.75) is 13.8 Å². The molecule has 0 radical (unpaired) electrons. The molecule has 6 heteroatoms. The van der Waals surface area contributed by atoms with Crippen LogP contribution in [0.1, 0.15) is 21.9 Å². The van der Waals surface area contributed by atoms with Crippen LogP contribution in [0.3, 0.4) is 0 Å². The summed E-state index contributed by atoms with van der Waals surface area (Å²) >= 11 is 4.89. The van der Waals surface area contributed by atoms with Crippen molar-refractivity contribution in [3.05, 3.63) is 69.9 Å². The summed E-state index contributed by atoms with van der Waals surface area (Å²) in [6, 6.07) is 9.90. The normalized spacial score (nSPS) is 10.7. The van der Waals surface area contributed by atoms with Gasteiger partial charge in [-0.2, -0.15) is 0 Å². The monoisotopic (exact) mass is 416 g/mol. The van der Waals surface area contributed by atoms with Gasteiger partial charge in [-0.25, -0.2) is 4.98 Å². The summed E-state index contributed by atoms with van der Waals surface area (Å²) in [6.45, 7) is 7.74. The van der Waals surface area contributed by atoms with E-state index >= 15 is 0 Å². The summed E-state index contributed by atoms with van der Waals surface area (Å²) in [5.74, 6) is 1.11. The Balaban J connectivity index is 1.98. The molecule has 3 aromatic rings. The molecule has 0 atom stereocenters. The molecule has 2 heterocycles. The number of nitrogens with zero attached hydrogens (tertiary/aromatic N) is 2. The number of carbonyl (C=O) groups excluding carboxylic acids is 1. The number of rotatable bonds is 5.